The van der Waals surface area contributed by atoms with E-state index in [4.69, 9.17) is 4.74 Å². The molecule has 6 nitrogen and oxygen atoms in total. The topological polar surface area (TPSA) is 72.7 Å². The molecule has 2 rings (SSSR count). The second kappa shape index (κ2) is 8.43. The molecule has 132 valence electrons. The summed E-state index contributed by atoms with van der Waals surface area (Å²) in [7, 11) is 0. The van der Waals surface area contributed by atoms with Crippen molar-refractivity contribution in [1.29, 1.82) is 0 Å². The molecular weight excluding hydrogens is 340 g/mol. The van der Waals surface area contributed by atoms with Crippen LogP contribution in [0.25, 0.3) is 10.4 Å². The van der Waals surface area contributed by atoms with Crippen LogP contribution in [0.15, 0.2) is 47.9 Å². The van der Waals surface area contributed by atoms with Crippen molar-refractivity contribution in [2.24, 2.45) is 0 Å². The molecule has 0 aliphatic carbocycles. The molecule has 0 radical (unpaired) electrons. The molecule has 0 unspecified atom stereocenters. The quantitative estimate of drug-likeness (QED) is 0.403. The van der Waals surface area contributed by atoms with Gasteiger partial charge in [0.15, 0.2) is 6.61 Å². The van der Waals surface area contributed by atoms with Gasteiger partial charge in [0.2, 0.25) is 0 Å². The predicted octanol–water partition coefficient (Wildman–Crippen LogP) is 4.13. The van der Waals surface area contributed by atoms with Crippen LogP contribution in [-0.4, -0.2) is 35.4 Å². The molecule has 0 fully saturated rings. The molecule has 0 saturated carbocycles. The maximum Gasteiger partial charge on any atom is 0.270 e. The number of benzene rings is 1. The minimum Gasteiger partial charge on any atom is -0.483 e. The van der Waals surface area contributed by atoms with Crippen molar-refractivity contribution in [3.8, 4) is 16.2 Å². The van der Waals surface area contributed by atoms with Crippen LogP contribution < -0.4 is 4.74 Å². The van der Waals surface area contributed by atoms with E-state index >= 15 is 0 Å². The van der Waals surface area contributed by atoms with E-state index in [0.29, 0.717) is 24.4 Å². The van der Waals surface area contributed by atoms with E-state index in [-0.39, 0.29) is 18.2 Å². The van der Waals surface area contributed by atoms with Gasteiger partial charge < -0.3 is 9.64 Å². The summed E-state index contributed by atoms with van der Waals surface area (Å²) in [6.45, 7) is 8.49. The van der Waals surface area contributed by atoms with E-state index in [2.05, 4.69) is 6.58 Å². The van der Waals surface area contributed by atoms with Gasteiger partial charge in [-0.3, -0.25) is 14.9 Å². The Morgan fingerprint density at radius 2 is 2.16 bits per heavy atom. The number of likely N-dealkylation sites (N-methyl/N-ethyl adjacent to an activating group) is 1. The Morgan fingerprint density at radius 3 is 2.72 bits per heavy atom. The van der Waals surface area contributed by atoms with Crippen LogP contribution in [0.2, 0.25) is 0 Å². The van der Waals surface area contributed by atoms with Crippen molar-refractivity contribution in [2.75, 3.05) is 19.7 Å². The molecule has 0 saturated heterocycles. The Balaban J connectivity index is 2.20. The Morgan fingerprint density at radius 1 is 1.40 bits per heavy atom. The molecule has 1 amide bonds. The highest BCUT2D eigenvalue weighted by Gasteiger charge is 2.17. The van der Waals surface area contributed by atoms with Gasteiger partial charge in [0.25, 0.3) is 11.6 Å². The fourth-order valence-electron chi connectivity index (χ4n) is 2.31. The van der Waals surface area contributed by atoms with Gasteiger partial charge in [0.1, 0.15) is 5.75 Å². The van der Waals surface area contributed by atoms with Gasteiger partial charge in [0, 0.05) is 35.7 Å². The fraction of sp³-hybridized carbons (Fsp3) is 0.278. The van der Waals surface area contributed by atoms with Crippen molar-refractivity contribution < 1.29 is 14.5 Å². The van der Waals surface area contributed by atoms with E-state index in [1.807, 2.05) is 31.4 Å². The first-order valence-corrected chi connectivity index (χ1v) is 8.67. The number of hydrogen-bond acceptors (Lipinski definition) is 5. The monoisotopic (exact) mass is 360 g/mol. The highest BCUT2D eigenvalue weighted by atomic mass is 32.1. The van der Waals surface area contributed by atoms with Crippen LogP contribution in [-0.2, 0) is 4.79 Å². The average Bonchev–Trinajstić information content (AvgIpc) is 3.11. The van der Waals surface area contributed by atoms with Gasteiger partial charge in [-0.1, -0.05) is 18.2 Å². The second-order valence-electron chi connectivity index (χ2n) is 5.57. The summed E-state index contributed by atoms with van der Waals surface area (Å²) >= 11 is 1.45. The van der Waals surface area contributed by atoms with Crippen molar-refractivity contribution in [3.05, 3.63) is 58.0 Å². The third-order valence-corrected chi connectivity index (χ3v) is 4.41. The Kier molecular flexibility index (Phi) is 6.30. The zero-order valence-electron chi connectivity index (χ0n) is 14.2. The summed E-state index contributed by atoms with van der Waals surface area (Å²) in [6, 6.07) is 8.10. The van der Waals surface area contributed by atoms with Crippen LogP contribution in [0.1, 0.15) is 13.8 Å². The summed E-state index contributed by atoms with van der Waals surface area (Å²) < 4.78 is 5.69. The number of hydrogen-bond donors (Lipinski definition) is 0. The van der Waals surface area contributed by atoms with Gasteiger partial charge in [-0.15, -0.1) is 11.3 Å². The summed E-state index contributed by atoms with van der Waals surface area (Å²) in [6.07, 6.45) is 0. The lowest BCUT2D eigenvalue weighted by atomic mass is 10.1. The predicted molar refractivity (Wildman–Crippen MR) is 99.0 cm³/mol. The summed E-state index contributed by atoms with van der Waals surface area (Å²) in [5, 5.41) is 12.9. The highest BCUT2D eigenvalue weighted by Crippen LogP contribution is 2.36. The first-order chi connectivity index (χ1) is 11.9. The molecule has 2 aromatic rings. The van der Waals surface area contributed by atoms with E-state index in [1.54, 1.807) is 4.90 Å². The molecule has 0 N–H and O–H groups in total. The molecule has 1 aromatic carbocycles. The van der Waals surface area contributed by atoms with E-state index in [9.17, 15) is 14.9 Å². The normalized spacial score (nSPS) is 10.3. The first kappa shape index (κ1) is 18.7. The van der Waals surface area contributed by atoms with Crippen molar-refractivity contribution in [2.45, 2.75) is 13.8 Å². The second-order valence-corrected chi connectivity index (χ2v) is 6.52. The number of nitro groups is 1. The van der Waals surface area contributed by atoms with Crippen LogP contribution >= 0.6 is 11.3 Å². The molecule has 0 atom stereocenters. The van der Waals surface area contributed by atoms with Gasteiger partial charge in [-0.2, -0.15) is 0 Å². The Bertz CT molecular complexity index is 771. The van der Waals surface area contributed by atoms with Crippen molar-refractivity contribution in [3.63, 3.8) is 0 Å². The molecule has 0 bridgehead atoms. The number of nitrogens with zero attached hydrogens (tertiary/aromatic N) is 2. The van der Waals surface area contributed by atoms with E-state index in [1.165, 1.54) is 29.5 Å². The van der Waals surface area contributed by atoms with E-state index < -0.39 is 4.92 Å². The number of rotatable bonds is 8. The molecule has 0 aliphatic heterocycles. The number of thiophene rings is 1. The minimum atomic E-state index is -0.447. The summed E-state index contributed by atoms with van der Waals surface area (Å²) in [5.41, 5.74) is 1.49. The third kappa shape index (κ3) is 4.90. The molecule has 7 heteroatoms. The van der Waals surface area contributed by atoms with Gasteiger partial charge in [0.05, 0.1) is 4.92 Å². The lowest BCUT2D eigenvalue weighted by molar-refractivity contribution is -0.384. The summed E-state index contributed by atoms with van der Waals surface area (Å²) in [5.74, 6) is 0.300. The molecule has 0 spiro atoms. The van der Waals surface area contributed by atoms with Crippen molar-refractivity contribution in [1.82, 2.24) is 4.90 Å². The van der Waals surface area contributed by atoms with Crippen LogP contribution in [0.3, 0.4) is 0 Å². The maximum absolute atomic E-state index is 12.3. The molecule has 1 heterocycles. The number of carbonyl (C=O) groups excluding carboxylic acids is 1. The zero-order chi connectivity index (χ0) is 18.4. The van der Waals surface area contributed by atoms with Gasteiger partial charge in [-0.05, 0) is 31.4 Å². The number of nitro benzene ring substituents is 1. The third-order valence-electron chi connectivity index (χ3n) is 3.51. The number of carbonyl (C=O) groups is 1. The Labute approximate surface area is 150 Å². The SMILES string of the molecule is C=C(C)CN(CC)C(=O)COc1ccc([N+](=O)[O-])cc1-c1cccs1. The van der Waals surface area contributed by atoms with E-state index in [0.717, 1.165) is 10.5 Å². The molecular formula is C18H20N2O4S. The molecule has 25 heavy (non-hydrogen) atoms. The maximum atomic E-state index is 12.3. The van der Waals surface area contributed by atoms with Crippen LogP contribution in [0, 0.1) is 10.1 Å². The standard InChI is InChI=1S/C18H20N2O4S/c1-4-19(11-13(2)3)18(21)12-24-16-8-7-14(20(22)23)10-15(16)17-6-5-9-25-17/h5-10H,2,4,11-12H2,1,3H3. The lowest BCUT2D eigenvalue weighted by Crippen LogP contribution is -2.35. The van der Waals surface area contributed by atoms with Crippen LogP contribution in [0.4, 0.5) is 5.69 Å². The summed E-state index contributed by atoms with van der Waals surface area (Å²) in [4.78, 5) is 25.4. The average molecular weight is 360 g/mol. The highest BCUT2D eigenvalue weighted by molar-refractivity contribution is 7.13. The number of ether oxygens (including phenoxy) is 1. The fourth-order valence-corrected chi connectivity index (χ4v) is 3.06. The minimum absolute atomic E-state index is 0.0143. The largest absolute Gasteiger partial charge is 0.483 e. The Hall–Kier alpha value is -2.67. The number of amides is 1. The number of non-ortho nitro benzene ring substituents is 1. The van der Waals surface area contributed by atoms with Crippen molar-refractivity contribution >= 4 is 22.9 Å². The lowest BCUT2D eigenvalue weighted by Gasteiger charge is -2.21. The van der Waals surface area contributed by atoms with Gasteiger partial charge in [-0.25, -0.2) is 0 Å². The molecule has 1 aromatic heterocycles. The zero-order valence-corrected chi connectivity index (χ0v) is 15.0. The smallest absolute Gasteiger partial charge is 0.270 e. The molecule has 0 aliphatic rings. The van der Waals surface area contributed by atoms with Crippen LogP contribution in [0.5, 0.6) is 5.75 Å². The first-order valence-electron chi connectivity index (χ1n) is 7.79. The van der Waals surface area contributed by atoms with Gasteiger partial charge >= 0.3 is 0 Å².